The summed E-state index contributed by atoms with van der Waals surface area (Å²) < 4.78 is 32.9. The van der Waals surface area contributed by atoms with Crippen LogP contribution in [0.1, 0.15) is 40.4 Å². The summed E-state index contributed by atoms with van der Waals surface area (Å²) in [6, 6.07) is 11.6. The predicted molar refractivity (Wildman–Crippen MR) is 95.2 cm³/mol. The van der Waals surface area contributed by atoms with Crippen LogP contribution in [0.25, 0.3) is 0 Å². The Morgan fingerprint density at radius 2 is 2.00 bits per heavy atom. The number of ether oxygens (including phenoxy) is 1. The van der Waals surface area contributed by atoms with E-state index in [4.69, 9.17) is 11.6 Å². The van der Waals surface area contributed by atoms with E-state index in [0.29, 0.717) is 0 Å². The molecule has 0 amide bonds. The fraction of sp³-hybridized carbons (Fsp3) is 0.278. The molecule has 1 aliphatic carbocycles. The molecule has 2 aromatic rings. The molecule has 0 bridgehead atoms. The number of rotatable bonds is 4. The second-order valence-electron chi connectivity index (χ2n) is 5.90. The molecular weight excluding hydrogens is 362 g/mol. The molecule has 0 heterocycles. The molecule has 5 nitrogen and oxygen atoms in total. The van der Waals surface area contributed by atoms with Crippen molar-refractivity contribution >= 4 is 27.6 Å². The number of benzene rings is 2. The highest BCUT2D eigenvalue weighted by Gasteiger charge is 2.26. The van der Waals surface area contributed by atoms with E-state index >= 15 is 0 Å². The SMILES string of the molecule is COC(=O)c1cc(S(=O)(=O)N[C@H]2CCCc3ccccc32)ccc1Cl. The highest BCUT2D eigenvalue weighted by molar-refractivity contribution is 7.89. The molecule has 132 valence electrons. The molecule has 0 radical (unpaired) electrons. The van der Waals surface area contributed by atoms with Gasteiger partial charge in [0.05, 0.1) is 22.6 Å². The van der Waals surface area contributed by atoms with Gasteiger partial charge >= 0.3 is 5.97 Å². The summed E-state index contributed by atoms with van der Waals surface area (Å²) in [5.41, 5.74) is 2.18. The lowest BCUT2D eigenvalue weighted by Crippen LogP contribution is -2.31. The third kappa shape index (κ3) is 3.71. The van der Waals surface area contributed by atoms with Crippen LogP contribution in [0.4, 0.5) is 0 Å². The first-order valence-corrected chi connectivity index (χ1v) is 9.76. The van der Waals surface area contributed by atoms with Crippen LogP contribution in [-0.4, -0.2) is 21.5 Å². The molecule has 1 aliphatic rings. The van der Waals surface area contributed by atoms with Crippen LogP contribution in [0.5, 0.6) is 0 Å². The number of fused-ring (bicyclic) bond motifs is 1. The van der Waals surface area contributed by atoms with Crippen molar-refractivity contribution in [2.45, 2.75) is 30.2 Å². The second-order valence-corrected chi connectivity index (χ2v) is 8.02. The Hall–Kier alpha value is -1.89. The average Bonchev–Trinajstić information content (AvgIpc) is 2.61. The van der Waals surface area contributed by atoms with Gasteiger partial charge in [-0.1, -0.05) is 35.9 Å². The zero-order valence-corrected chi connectivity index (χ0v) is 15.2. The standard InChI is InChI=1S/C18H18ClNO4S/c1-24-18(21)15-11-13(9-10-16(15)19)25(22,23)20-17-8-4-6-12-5-2-3-7-14(12)17/h2-3,5,7,9-11,17,20H,4,6,8H2,1H3/t17-/m0/s1. The average molecular weight is 380 g/mol. The number of esters is 1. The second kappa shape index (κ2) is 7.15. The van der Waals surface area contributed by atoms with Gasteiger partial charge in [0, 0.05) is 6.04 Å². The highest BCUT2D eigenvalue weighted by Crippen LogP contribution is 2.31. The van der Waals surface area contributed by atoms with Crippen LogP contribution in [0.15, 0.2) is 47.4 Å². The summed E-state index contributed by atoms with van der Waals surface area (Å²) in [7, 11) is -2.58. The number of methoxy groups -OCH3 is 1. The maximum atomic E-state index is 12.8. The molecule has 0 saturated heterocycles. The molecule has 3 rings (SSSR count). The van der Waals surface area contributed by atoms with Crippen molar-refractivity contribution in [1.82, 2.24) is 4.72 Å². The Morgan fingerprint density at radius 3 is 2.76 bits per heavy atom. The molecule has 0 aliphatic heterocycles. The number of halogens is 1. The molecule has 7 heteroatoms. The summed E-state index contributed by atoms with van der Waals surface area (Å²) in [6.07, 6.45) is 2.59. The van der Waals surface area contributed by atoms with Crippen LogP contribution in [-0.2, 0) is 21.2 Å². The molecule has 1 atom stereocenters. The summed E-state index contributed by atoms with van der Waals surface area (Å²) in [4.78, 5) is 11.7. The molecule has 2 aromatic carbocycles. The Morgan fingerprint density at radius 1 is 1.24 bits per heavy atom. The lowest BCUT2D eigenvalue weighted by molar-refractivity contribution is 0.0600. The van der Waals surface area contributed by atoms with E-state index in [1.807, 2.05) is 24.3 Å². The highest BCUT2D eigenvalue weighted by atomic mass is 35.5. The molecule has 0 aromatic heterocycles. The van der Waals surface area contributed by atoms with Gasteiger partial charge in [0.15, 0.2) is 0 Å². The van der Waals surface area contributed by atoms with Crippen molar-refractivity contribution < 1.29 is 17.9 Å². The molecule has 0 saturated carbocycles. The van der Waals surface area contributed by atoms with Crippen LogP contribution >= 0.6 is 11.6 Å². The minimum atomic E-state index is -3.80. The molecule has 0 spiro atoms. The number of sulfonamides is 1. The molecule has 1 N–H and O–H groups in total. The van der Waals surface area contributed by atoms with Gasteiger partial charge in [-0.2, -0.15) is 0 Å². The Balaban J connectivity index is 1.92. The number of hydrogen-bond acceptors (Lipinski definition) is 4. The molecule has 25 heavy (non-hydrogen) atoms. The van der Waals surface area contributed by atoms with E-state index in [1.165, 1.54) is 25.3 Å². The van der Waals surface area contributed by atoms with E-state index < -0.39 is 16.0 Å². The van der Waals surface area contributed by atoms with E-state index in [-0.39, 0.29) is 21.5 Å². The van der Waals surface area contributed by atoms with E-state index in [1.54, 1.807) is 0 Å². The maximum absolute atomic E-state index is 12.8. The fourth-order valence-electron chi connectivity index (χ4n) is 3.07. The van der Waals surface area contributed by atoms with Crippen molar-refractivity contribution in [1.29, 1.82) is 0 Å². The molecule has 0 fully saturated rings. The van der Waals surface area contributed by atoms with Crippen molar-refractivity contribution in [3.63, 3.8) is 0 Å². The van der Waals surface area contributed by atoms with Crippen molar-refractivity contribution in [2.24, 2.45) is 0 Å². The molecule has 0 unspecified atom stereocenters. The fourth-order valence-corrected chi connectivity index (χ4v) is 4.54. The van der Waals surface area contributed by atoms with Crippen molar-refractivity contribution in [3.05, 3.63) is 64.2 Å². The van der Waals surface area contributed by atoms with Gasteiger partial charge in [-0.25, -0.2) is 17.9 Å². The van der Waals surface area contributed by atoms with Crippen LogP contribution in [0.3, 0.4) is 0 Å². The van der Waals surface area contributed by atoms with Crippen LogP contribution in [0.2, 0.25) is 5.02 Å². The lowest BCUT2D eigenvalue weighted by atomic mass is 9.88. The minimum Gasteiger partial charge on any atom is -0.465 e. The number of carbonyl (C=O) groups is 1. The van der Waals surface area contributed by atoms with Gasteiger partial charge in [-0.15, -0.1) is 0 Å². The van der Waals surface area contributed by atoms with Crippen molar-refractivity contribution in [2.75, 3.05) is 7.11 Å². The van der Waals surface area contributed by atoms with Crippen LogP contribution < -0.4 is 4.72 Å². The third-order valence-corrected chi connectivity index (χ3v) is 6.12. The van der Waals surface area contributed by atoms with E-state index in [0.717, 1.165) is 30.4 Å². The quantitative estimate of drug-likeness (QED) is 0.825. The monoisotopic (exact) mass is 379 g/mol. The normalized spacial score (nSPS) is 17.0. The lowest BCUT2D eigenvalue weighted by Gasteiger charge is -2.26. The first-order valence-electron chi connectivity index (χ1n) is 7.90. The maximum Gasteiger partial charge on any atom is 0.339 e. The number of aryl methyl sites for hydroxylation is 1. The Kier molecular flexibility index (Phi) is 5.13. The van der Waals surface area contributed by atoms with Gasteiger partial charge < -0.3 is 4.74 Å². The number of carbonyl (C=O) groups excluding carboxylic acids is 1. The van der Waals surface area contributed by atoms with Crippen LogP contribution in [0, 0.1) is 0 Å². The topological polar surface area (TPSA) is 72.5 Å². The molecular formula is C18H18ClNO4S. The van der Waals surface area contributed by atoms with Gasteiger partial charge in [0.1, 0.15) is 0 Å². The van der Waals surface area contributed by atoms with E-state index in [9.17, 15) is 13.2 Å². The van der Waals surface area contributed by atoms with Crippen molar-refractivity contribution in [3.8, 4) is 0 Å². The van der Waals surface area contributed by atoms with E-state index in [2.05, 4.69) is 9.46 Å². The first-order chi connectivity index (χ1) is 11.9. The number of hydrogen-bond donors (Lipinski definition) is 1. The van der Waals surface area contributed by atoms with Gasteiger partial charge in [0.2, 0.25) is 10.0 Å². The Bertz CT molecular complexity index is 911. The van der Waals surface area contributed by atoms with Gasteiger partial charge in [0.25, 0.3) is 0 Å². The zero-order valence-electron chi connectivity index (χ0n) is 13.7. The van der Waals surface area contributed by atoms with Gasteiger partial charge in [-0.3, -0.25) is 0 Å². The first kappa shape index (κ1) is 17.9. The summed E-state index contributed by atoms with van der Waals surface area (Å²) in [6.45, 7) is 0. The number of nitrogens with one attached hydrogen (secondary N) is 1. The third-order valence-electron chi connectivity index (χ3n) is 4.32. The smallest absolute Gasteiger partial charge is 0.339 e. The largest absolute Gasteiger partial charge is 0.465 e. The summed E-state index contributed by atoms with van der Waals surface area (Å²) in [5, 5.41) is 0.147. The zero-order chi connectivity index (χ0) is 18.0. The van der Waals surface area contributed by atoms with Gasteiger partial charge in [-0.05, 0) is 48.6 Å². The summed E-state index contributed by atoms with van der Waals surface area (Å²) >= 11 is 5.96. The minimum absolute atomic E-state index is 0.0136. The Labute approximate surface area is 152 Å². The summed E-state index contributed by atoms with van der Waals surface area (Å²) in [5.74, 6) is -0.676. The predicted octanol–water partition coefficient (Wildman–Crippen LogP) is 3.48.